The molecule has 5 nitrogen and oxygen atoms in total. The second-order valence-corrected chi connectivity index (χ2v) is 24.2. The van der Waals surface area contributed by atoms with Gasteiger partial charge in [0.2, 0.25) is 0 Å². The zero-order valence-electron chi connectivity index (χ0n) is 45.1. The van der Waals surface area contributed by atoms with Gasteiger partial charge in [-0.05, 0) is 127 Å². The van der Waals surface area contributed by atoms with Crippen LogP contribution in [0.5, 0.6) is 11.5 Å². The Hall–Kier alpha value is -7.50. The summed E-state index contributed by atoms with van der Waals surface area (Å²) in [7, 11) is 0. The van der Waals surface area contributed by atoms with Crippen molar-refractivity contribution in [3.63, 3.8) is 0 Å². The third-order valence-electron chi connectivity index (χ3n) is 15.0. The normalized spacial score (nSPS) is 12.7. The Morgan fingerprint density at radius 2 is 1.04 bits per heavy atom. The van der Waals surface area contributed by atoms with E-state index >= 15 is 0 Å². The SMILES string of the molecule is CC(C)(C)c1ccnc(-n2c3ccc(C(C)(C)C)cc3c3ccc(Oc4cc(-n5[c-][n+](-c6cc(-c7ccccc7)cc(C(C)(C)c7ccccc7)c6)c(C(C)(C)C)c5)cc(C(C)(C)c5ccccc5)c4)cc32)c1. The molecule has 0 saturated carbocycles. The zero-order valence-corrected chi connectivity index (χ0v) is 45.1. The third kappa shape index (κ3) is 9.54. The molecular weight excluding hydrogens is 889 g/mol. The lowest BCUT2D eigenvalue weighted by Gasteiger charge is -2.28. The molecule has 0 unspecified atom stereocenters. The molecule has 5 heteroatoms. The molecular formula is C68H70N4O. The second kappa shape index (κ2) is 18.2. The quantitative estimate of drug-likeness (QED) is 0.101. The molecule has 3 heterocycles. The number of hydrogen-bond acceptors (Lipinski definition) is 2. The number of ether oxygens (including phenoxy) is 1. The minimum Gasteiger partial charge on any atom is -0.458 e. The van der Waals surface area contributed by atoms with Crippen LogP contribution in [0.15, 0.2) is 188 Å². The zero-order chi connectivity index (χ0) is 51.7. The molecule has 3 aromatic heterocycles. The lowest BCUT2D eigenvalue weighted by Crippen LogP contribution is -2.39. The van der Waals surface area contributed by atoms with Crippen LogP contribution < -0.4 is 9.30 Å². The first-order chi connectivity index (χ1) is 34.6. The smallest absolute Gasteiger partial charge is 0.269 e. The average Bonchev–Trinajstić information content (AvgIpc) is 3.97. The van der Waals surface area contributed by atoms with Crippen molar-refractivity contribution < 1.29 is 9.30 Å². The fraction of sp³-hybridized carbons (Fsp3) is 0.265. The van der Waals surface area contributed by atoms with Crippen molar-refractivity contribution in [2.45, 2.75) is 117 Å². The second-order valence-electron chi connectivity index (χ2n) is 24.2. The molecule has 73 heavy (non-hydrogen) atoms. The number of fused-ring (bicyclic) bond motifs is 3. The van der Waals surface area contributed by atoms with Crippen LogP contribution in [0.4, 0.5) is 0 Å². The monoisotopic (exact) mass is 959 g/mol. The van der Waals surface area contributed by atoms with Gasteiger partial charge in [0.1, 0.15) is 17.3 Å². The maximum absolute atomic E-state index is 7.14. The highest BCUT2D eigenvalue weighted by molar-refractivity contribution is 6.09. The van der Waals surface area contributed by atoms with Crippen LogP contribution in [0.2, 0.25) is 0 Å². The fourth-order valence-electron chi connectivity index (χ4n) is 10.2. The molecule has 10 aromatic rings. The van der Waals surface area contributed by atoms with Gasteiger partial charge in [0.05, 0.1) is 28.1 Å². The Balaban J connectivity index is 1.15. The first-order valence-corrected chi connectivity index (χ1v) is 25.8. The van der Waals surface area contributed by atoms with E-state index in [2.05, 4.69) is 292 Å². The summed E-state index contributed by atoms with van der Waals surface area (Å²) in [4.78, 5) is 5.01. The van der Waals surface area contributed by atoms with E-state index in [0.29, 0.717) is 0 Å². The predicted molar refractivity (Wildman–Crippen MR) is 303 cm³/mol. The van der Waals surface area contributed by atoms with Gasteiger partial charge >= 0.3 is 0 Å². The van der Waals surface area contributed by atoms with Gasteiger partial charge in [0, 0.05) is 40.1 Å². The van der Waals surface area contributed by atoms with Crippen LogP contribution in [0, 0.1) is 6.33 Å². The average molecular weight is 959 g/mol. The predicted octanol–water partition coefficient (Wildman–Crippen LogP) is 17.0. The van der Waals surface area contributed by atoms with Gasteiger partial charge in [-0.15, -0.1) is 0 Å². The third-order valence-corrected chi connectivity index (χ3v) is 15.0. The van der Waals surface area contributed by atoms with E-state index < -0.39 is 0 Å². The highest BCUT2D eigenvalue weighted by Crippen LogP contribution is 2.41. The molecule has 0 saturated heterocycles. The Morgan fingerprint density at radius 1 is 0.438 bits per heavy atom. The highest BCUT2D eigenvalue weighted by Gasteiger charge is 2.29. The topological polar surface area (TPSA) is 35.9 Å². The van der Waals surface area contributed by atoms with Crippen LogP contribution in [-0.4, -0.2) is 14.1 Å². The van der Waals surface area contributed by atoms with Gasteiger partial charge in [-0.1, -0.05) is 193 Å². The summed E-state index contributed by atoms with van der Waals surface area (Å²) in [5, 5.41) is 2.35. The van der Waals surface area contributed by atoms with Crippen LogP contribution in [0.25, 0.3) is 50.1 Å². The van der Waals surface area contributed by atoms with Crippen LogP contribution in [0.1, 0.15) is 129 Å². The largest absolute Gasteiger partial charge is 0.458 e. The van der Waals surface area contributed by atoms with Crippen LogP contribution >= 0.6 is 0 Å². The molecule has 0 aliphatic rings. The lowest BCUT2D eigenvalue weighted by atomic mass is 9.77. The maximum atomic E-state index is 7.14. The van der Waals surface area contributed by atoms with Gasteiger partial charge < -0.3 is 4.74 Å². The molecule has 0 fully saturated rings. The Labute approximate surface area is 433 Å². The van der Waals surface area contributed by atoms with Gasteiger partial charge in [0.15, 0.2) is 0 Å². The van der Waals surface area contributed by atoms with E-state index in [1.165, 1.54) is 38.8 Å². The molecule has 0 amide bonds. The minimum atomic E-state index is -0.363. The van der Waals surface area contributed by atoms with E-state index in [-0.39, 0.29) is 27.1 Å². The van der Waals surface area contributed by atoms with Gasteiger partial charge in [-0.2, -0.15) is 0 Å². The van der Waals surface area contributed by atoms with E-state index in [1.807, 2.05) is 6.20 Å². The molecule has 7 aromatic carbocycles. The van der Waals surface area contributed by atoms with Crippen molar-refractivity contribution >= 4 is 21.8 Å². The van der Waals surface area contributed by atoms with E-state index in [4.69, 9.17) is 9.72 Å². The van der Waals surface area contributed by atoms with Crippen molar-refractivity contribution in [3.8, 4) is 39.8 Å². The highest BCUT2D eigenvalue weighted by atomic mass is 16.5. The van der Waals surface area contributed by atoms with Crippen molar-refractivity contribution in [3.05, 3.63) is 234 Å². The van der Waals surface area contributed by atoms with E-state index in [9.17, 15) is 0 Å². The van der Waals surface area contributed by atoms with Gasteiger partial charge in [0.25, 0.3) is 6.33 Å². The first-order valence-electron chi connectivity index (χ1n) is 25.8. The molecule has 0 N–H and O–H groups in total. The fourth-order valence-corrected chi connectivity index (χ4v) is 10.2. The Kier molecular flexibility index (Phi) is 12.2. The maximum Gasteiger partial charge on any atom is 0.269 e. The molecule has 10 rings (SSSR count). The van der Waals surface area contributed by atoms with Gasteiger partial charge in [-0.25, -0.2) is 4.98 Å². The number of aromatic nitrogens is 4. The summed E-state index contributed by atoms with van der Waals surface area (Å²) in [5.41, 5.74) is 14.1. The van der Waals surface area contributed by atoms with Crippen molar-refractivity contribution in [1.29, 1.82) is 0 Å². The Bertz CT molecular complexity index is 3630. The van der Waals surface area contributed by atoms with E-state index in [0.717, 1.165) is 61.9 Å². The molecule has 0 bridgehead atoms. The summed E-state index contributed by atoms with van der Waals surface area (Å²) in [6, 6.07) is 63.8. The van der Waals surface area contributed by atoms with Crippen molar-refractivity contribution in [1.82, 2.24) is 14.1 Å². The van der Waals surface area contributed by atoms with E-state index in [1.54, 1.807) is 0 Å². The number of hydrogen-bond donors (Lipinski definition) is 0. The van der Waals surface area contributed by atoms with Crippen LogP contribution in [0.3, 0.4) is 0 Å². The summed E-state index contributed by atoms with van der Waals surface area (Å²) in [6.07, 6.45) is 8.09. The molecule has 0 aliphatic carbocycles. The minimum absolute atomic E-state index is 0.00912. The van der Waals surface area contributed by atoms with Crippen molar-refractivity contribution in [2.75, 3.05) is 0 Å². The first kappa shape index (κ1) is 49.1. The number of benzene rings is 7. The summed E-state index contributed by atoms with van der Waals surface area (Å²) >= 11 is 0. The molecule has 0 aliphatic heterocycles. The number of imidazole rings is 1. The number of nitrogens with zero attached hydrogens (tertiary/aromatic N) is 4. The summed E-state index contributed by atoms with van der Waals surface area (Å²) < 4.78 is 13.9. The van der Waals surface area contributed by atoms with Crippen molar-refractivity contribution in [2.24, 2.45) is 0 Å². The molecule has 0 spiro atoms. The number of pyridine rings is 1. The molecule has 0 atom stereocenters. The number of rotatable bonds is 10. The standard InChI is InChI=1S/C68H70N4O/c1-64(2,3)50-29-32-60-59(40-50)58-31-30-56(43-61(58)72(60)63-41-51(33-34-69-63)65(4,5)6)73-57-39-53(68(12,13)49-27-21-16-22-28-49)37-54(42-57)70-44-62(66(7,8)9)71(45-70)55-36-47(46-23-17-14-18-24-46)35-52(38-55)67(10,11)48-25-19-15-20-26-48/h14-44H,1-13H3. The molecule has 0 radical (unpaired) electrons. The lowest BCUT2D eigenvalue weighted by molar-refractivity contribution is -0.611. The Morgan fingerprint density at radius 3 is 1.66 bits per heavy atom. The molecule has 368 valence electrons. The summed E-state index contributed by atoms with van der Waals surface area (Å²) in [6.45, 7) is 29.7. The van der Waals surface area contributed by atoms with Gasteiger partial charge in [-0.3, -0.25) is 13.7 Å². The summed E-state index contributed by atoms with van der Waals surface area (Å²) in [5.74, 6) is 2.37. The van der Waals surface area contributed by atoms with Crippen LogP contribution in [-0.2, 0) is 27.1 Å².